The summed E-state index contributed by atoms with van der Waals surface area (Å²) in [6, 6.07) is 5.44. The Hall–Kier alpha value is -1.35. The summed E-state index contributed by atoms with van der Waals surface area (Å²) in [6.45, 7) is 4.97. The first kappa shape index (κ1) is 19.0. The number of amides is 1. The lowest BCUT2D eigenvalue weighted by Crippen LogP contribution is -2.22. The Morgan fingerprint density at radius 1 is 1.46 bits per heavy atom. The van der Waals surface area contributed by atoms with Gasteiger partial charge in [0.15, 0.2) is 4.34 Å². The van der Waals surface area contributed by atoms with Crippen LogP contribution in [0.4, 0.5) is 10.8 Å². The number of benzene rings is 1. The van der Waals surface area contributed by atoms with E-state index in [0.29, 0.717) is 23.3 Å². The molecule has 0 unspecified atom stereocenters. The zero-order valence-corrected chi connectivity index (χ0v) is 16.0. The first-order valence-electron chi connectivity index (χ1n) is 7.30. The third-order valence-electron chi connectivity index (χ3n) is 3.16. The lowest BCUT2D eigenvalue weighted by molar-refractivity contribution is -0.115. The zero-order valence-electron chi connectivity index (χ0n) is 13.6. The molecule has 0 saturated heterocycles. The average Bonchev–Trinajstić information content (AvgIpc) is 2.99. The van der Waals surface area contributed by atoms with Gasteiger partial charge in [-0.3, -0.25) is 4.79 Å². The van der Waals surface area contributed by atoms with Gasteiger partial charge in [-0.05, 0) is 31.5 Å². The van der Waals surface area contributed by atoms with Crippen LogP contribution in [-0.4, -0.2) is 41.6 Å². The third kappa shape index (κ3) is 5.34. The fourth-order valence-electron chi connectivity index (χ4n) is 1.77. The van der Waals surface area contributed by atoms with E-state index in [9.17, 15) is 4.79 Å². The monoisotopic (exact) mass is 386 g/mol. The zero-order chi connectivity index (χ0) is 17.5. The molecule has 1 aromatic carbocycles. The fraction of sp³-hybridized carbons (Fsp3) is 0.400. The van der Waals surface area contributed by atoms with E-state index in [0.717, 1.165) is 15.6 Å². The largest absolute Gasteiger partial charge is 0.383 e. The van der Waals surface area contributed by atoms with Crippen LogP contribution < -0.4 is 10.6 Å². The molecule has 0 aliphatic rings. The van der Waals surface area contributed by atoms with Gasteiger partial charge in [-0.25, -0.2) is 0 Å². The molecule has 0 aliphatic carbocycles. The van der Waals surface area contributed by atoms with Gasteiger partial charge < -0.3 is 15.4 Å². The van der Waals surface area contributed by atoms with Crippen molar-refractivity contribution in [1.29, 1.82) is 0 Å². The number of hydrogen-bond donors (Lipinski definition) is 2. The number of nitrogens with one attached hydrogen (secondary N) is 2. The van der Waals surface area contributed by atoms with Crippen LogP contribution in [0.15, 0.2) is 22.5 Å². The molecule has 6 nitrogen and oxygen atoms in total. The first-order valence-corrected chi connectivity index (χ1v) is 9.37. The molecule has 130 valence electrons. The van der Waals surface area contributed by atoms with Crippen LogP contribution in [0.5, 0.6) is 0 Å². The SMILES string of the molecule is COCCNc1nnc(S[C@@H](C)C(=O)Nc2cccc(Cl)c2C)s1. The Kier molecular flexibility index (Phi) is 7.29. The number of aromatic nitrogens is 2. The number of nitrogens with zero attached hydrogens (tertiary/aromatic N) is 2. The Morgan fingerprint density at radius 3 is 3.00 bits per heavy atom. The summed E-state index contributed by atoms with van der Waals surface area (Å²) in [7, 11) is 1.64. The molecule has 9 heteroatoms. The summed E-state index contributed by atoms with van der Waals surface area (Å²) in [6.07, 6.45) is 0. The van der Waals surface area contributed by atoms with Crippen molar-refractivity contribution in [1.82, 2.24) is 10.2 Å². The van der Waals surface area contributed by atoms with E-state index in [1.54, 1.807) is 13.2 Å². The number of carbonyl (C=O) groups excluding carboxylic acids is 1. The molecule has 0 saturated carbocycles. The lowest BCUT2D eigenvalue weighted by atomic mass is 10.2. The van der Waals surface area contributed by atoms with Crippen LogP contribution in [0.2, 0.25) is 5.02 Å². The summed E-state index contributed by atoms with van der Waals surface area (Å²) < 4.78 is 5.70. The lowest BCUT2D eigenvalue weighted by Gasteiger charge is -2.12. The number of anilines is 2. The van der Waals surface area contributed by atoms with Gasteiger partial charge in [-0.15, -0.1) is 10.2 Å². The minimum atomic E-state index is -0.303. The van der Waals surface area contributed by atoms with Gasteiger partial charge in [0, 0.05) is 24.4 Å². The molecule has 1 heterocycles. The van der Waals surface area contributed by atoms with E-state index in [1.807, 2.05) is 26.0 Å². The predicted octanol–water partition coefficient (Wildman–Crippen LogP) is 3.68. The van der Waals surface area contributed by atoms with Crippen molar-refractivity contribution < 1.29 is 9.53 Å². The van der Waals surface area contributed by atoms with Gasteiger partial charge in [0.2, 0.25) is 11.0 Å². The van der Waals surface area contributed by atoms with E-state index in [2.05, 4.69) is 20.8 Å². The van der Waals surface area contributed by atoms with Crippen molar-refractivity contribution in [3.05, 3.63) is 28.8 Å². The number of halogens is 1. The molecule has 0 bridgehead atoms. The van der Waals surface area contributed by atoms with Gasteiger partial charge in [-0.2, -0.15) is 0 Å². The third-order valence-corrected chi connectivity index (χ3v) is 5.64. The van der Waals surface area contributed by atoms with Crippen molar-refractivity contribution in [3.8, 4) is 0 Å². The molecular weight excluding hydrogens is 368 g/mol. The molecule has 2 rings (SSSR count). The number of ether oxygens (including phenoxy) is 1. The number of hydrogen-bond acceptors (Lipinski definition) is 7. The van der Waals surface area contributed by atoms with Crippen molar-refractivity contribution in [2.45, 2.75) is 23.4 Å². The van der Waals surface area contributed by atoms with Gasteiger partial charge in [0.25, 0.3) is 0 Å². The normalized spacial score (nSPS) is 12.0. The molecule has 1 atom stereocenters. The highest BCUT2D eigenvalue weighted by Gasteiger charge is 2.18. The smallest absolute Gasteiger partial charge is 0.237 e. The number of methoxy groups -OCH3 is 1. The molecule has 0 spiro atoms. The molecule has 0 fully saturated rings. The average molecular weight is 387 g/mol. The topological polar surface area (TPSA) is 76.1 Å². The minimum absolute atomic E-state index is 0.102. The molecule has 2 aromatic rings. The molecule has 1 aromatic heterocycles. The van der Waals surface area contributed by atoms with E-state index < -0.39 is 0 Å². The van der Waals surface area contributed by atoms with E-state index in [4.69, 9.17) is 16.3 Å². The van der Waals surface area contributed by atoms with Crippen LogP contribution in [0, 0.1) is 6.92 Å². The number of carbonyl (C=O) groups is 1. The number of thioether (sulfide) groups is 1. The van der Waals surface area contributed by atoms with Crippen LogP contribution in [0.1, 0.15) is 12.5 Å². The summed E-state index contributed by atoms with van der Waals surface area (Å²) in [5.41, 5.74) is 1.57. The van der Waals surface area contributed by atoms with E-state index in [-0.39, 0.29) is 11.2 Å². The summed E-state index contributed by atoms with van der Waals surface area (Å²) in [5.74, 6) is -0.102. The molecule has 0 aliphatic heterocycles. The van der Waals surface area contributed by atoms with Crippen molar-refractivity contribution >= 4 is 51.4 Å². The van der Waals surface area contributed by atoms with E-state index in [1.165, 1.54) is 23.1 Å². The summed E-state index contributed by atoms with van der Waals surface area (Å²) in [4.78, 5) is 12.3. The Balaban J connectivity index is 1.90. The van der Waals surface area contributed by atoms with Crippen LogP contribution in [0.3, 0.4) is 0 Å². The molecule has 2 N–H and O–H groups in total. The van der Waals surface area contributed by atoms with Gasteiger partial charge in [-0.1, -0.05) is 40.8 Å². The van der Waals surface area contributed by atoms with Gasteiger partial charge in [0.1, 0.15) is 0 Å². The first-order chi connectivity index (χ1) is 11.5. The van der Waals surface area contributed by atoms with Crippen molar-refractivity contribution in [3.63, 3.8) is 0 Å². The Morgan fingerprint density at radius 2 is 2.25 bits per heavy atom. The maximum absolute atomic E-state index is 12.3. The van der Waals surface area contributed by atoms with Crippen molar-refractivity contribution in [2.75, 3.05) is 30.9 Å². The van der Waals surface area contributed by atoms with Gasteiger partial charge >= 0.3 is 0 Å². The highest BCUT2D eigenvalue weighted by molar-refractivity contribution is 8.02. The standard InChI is InChI=1S/C15H19ClN4O2S2/c1-9-11(16)5-4-6-12(9)18-13(21)10(2)23-15-20-19-14(24-15)17-7-8-22-3/h4-6,10H,7-8H2,1-3H3,(H,17,19)(H,18,21)/t10-/m0/s1. The van der Waals surface area contributed by atoms with Gasteiger partial charge in [0.05, 0.1) is 11.9 Å². The highest BCUT2D eigenvalue weighted by Crippen LogP contribution is 2.30. The Bertz CT molecular complexity index is 696. The quantitative estimate of drug-likeness (QED) is 0.532. The minimum Gasteiger partial charge on any atom is -0.383 e. The second-order valence-electron chi connectivity index (χ2n) is 4.95. The summed E-state index contributed by atoms with van der Waals surface area (Å²) in [5, 5.41) is 15.2. The van der Waals surface area contributed by atoms with Crippen LogP contribution in [-0.2, 0) is 9.53 Å². The summed E-state index contributed by atoms with van der Waals surface area (Å²) >= 11 is 8.86. The maximum atomic E-state index is 12.3. The predicted molar refractivity (Wildman–Crippen MR) is 100 cm³/mol. The Labute approximate surface area is 154 Å². The molecular formula is C15H19ClN4O2S2. The highest BCUT2D eigenvalue weighted by atomic mass is 35.5. The van der Waals surface area contributed by atoms with Crippen LogP contribution in [0.25, 0.3) is 0 Å². The molecule has 0 radical (unpaired) electrons. The van der Waals surface area contributed by atoms with Crippen molar-refractivity contribution in [2.24, 2.45) is 0 Å². The molecule has 1 amide bonds. The second-order valence-corrected chi connectivity index (χ2v) is 7.93. The van der Waals surface area contributed by atoms with E-state index >= 15 is 0 Å². The molecule has 24 heavy (non-hydrogen) atoms. The fourth-order valence-corrected chi connectivity index (χ4v) is 3.87. The second kappa shape index (κ2) is 9.22. The maximum Gasteiger partial charge on any atom is 0.237 e. The van der Waals surface area contributed by atoms with Crippen LogP contribution >= 0.6 is 34.7 Å². The number of rotatable bonds is 8.